The van der Waals surface area contributed by atoms with E-state index in [0.717, 1.165) is 21.3 Å². The smallest absolute Gasteiger partial charge is 0.167 e. The number of hydrazone groups is 1. The van der Waals surface area contributed by atoms with Gasteiger partial charge in [0.15, 0.2) is 5.82 Å². The van der Waals surface area contributed by atoms with Crippen molar-refractivity contribution in [1.82, 2.24) is 9.97 Å². The second-order valence-electron chi connectivity index (χ2n) is 4.24. The zero-order chi connectivity index (χ0) is 13.9. The van der Waals surface area contributed by atoms with Crippen molar-refractivity contribution in [2.24, 2.45) is 5.10 Å². The first kappa shape index (κ1) is 13.0. The van der Waals surface area contributed by atoms with Gasteiger partial charge >= 0.3 is 0 Å². The fourth-order valence-corrected chi connectivity index (χ4v) is 2.94. The van der Waals surface area contributed by atoms with Crippen molar-refractivity contribution < 1.29 is 0 Å². The van der Waals surface area contributed by atoms with Crippen molar-refractivity contribution >= 4 is 45.2 Å². The third-order valence-electron chi connectivity index (χ3n) is 2.76. The summed E-state index contributed by atoms with van der Waals surface area (Å²) >= 11 is 7.53. The fourth-order valence-electron chi connectivity index (χ4n) is 1.80. The maximum atomic E-state index is 5.92. The molecule has 1 aromatic carbocycles. The maximum absolute atomic E-state index is 5.92. The topological polar surface area (TPSA) is 50.2 Å². The molecule has 4 nitrogen and oxygen atoms in total. The highest BCUT2D eigenvalue weighted by Crippen LogP contribution is 2.28. The molecule has 0 unspecified atom stereocenters. The first-order valence-corrected chi connectivity index (χ1v) is 7.23. The average molecular weight is 303 g/mol. The number of halogens is 1. The Kier molecular flexibility index (Phi) is 3.62. The minimum absolute atomic E-state index is 0.687. The number of nitrogens with zero attached hydrogens (tertiary/aromatic N) is 3. The molecule has 2 heterocycles. The van der Waals surface area contributed by atoms with Crippen molar-refractivity contribution in [1.29, 1.82) is 0 Å². The van der Waals surface area contributed by atoms with E-state index < -0.39 is 0 Å². The number of aryl methyl sites for hydroxylation is 1. The number of hydrogen-bond acceptors (Lipinski definition) is 5. The van der Waals surface area contributed by atoms with Crippen LogP contribution in [0.2, 0.25) is 5.02 Å². The van der Waals surface area contributed by atoms with Gasteiger partial charge in [-0.25, -0.2) is 9.97 Å². The van der Waals surface area contributed by atoms with Gasteiger partial charge in [-0.2, -0.15) is 5.10 Å². The number of anilines is 1. The highest BCUT2D eigenvalue weighted by Gasteiger charge is 2.06. The molecule has 0 aliphatic rings. The van der Waals surface area contributed by atoms with Crippen molar-refractivity contribution in [3.63, 3.8) is 0 Å². The SMILES string of the molecule is Cc1csc2c(N/N=C/c3cccc(Cl)c3)ncnc12. The molecule has 0 aliphatic carbocycles. The first-order chi connectivity index (χ1) is 9.74. The Morgan fingerprint density at radius 1 is 1.35 bits per heavy atom. The molecule has 1 N–H and O–H groups in total. The largest absolute Gasteiger partial charge is 0.260 e. The third-order valence-corrected chi connectivity index (χ3v) is 4.09. The molecular weight excluding hydrogens is 292 g/mol. The average Bonchev–Trinajstić information content (AvgIpc) is 2.82. The molecule has 0 saturated carbocycles. The standard InChI is InChI=1S/C14H11ClN4S/c1-9-7-20-13-12(9)16-8-17-14(13)19-18-6-10-3-2-4-11(15)5-10/h2-8H,1H3,(H,16,17,19)/b18-6+. The Morgan fingerprint density at radius 3 is 3.10 bits per heavy atom. The molecule has 3 rings (SSSR count). The summed E-state index contributed by atoms with van der Waals surface area (Å²) in [6.45, 7) is 2.03. The van der Waals surface area contributed by atoms with Gasteiger partial charge in [-0.05, 0) is 35.6 Å². The van der Waals surface area contributed by atoms with Crippen LogP contribution < -0.4 is 5.43 Å². The predicted molar refractivity (Wildman–Crippen MR) is 84.8 cm³/mol. The third kappa shape index (κ3) is 2.64. The molecule has 0 radical (unpaired) electrons. The lowest BCUT2D eigenvalue weighted by atomic mass is 10.2. The lowest BCUT2D eigenvalue weighted by Gasteiger charge is -2.00. The van der Waals surface area contributed by atoms with Crippen LogP contribution in [0.1, 0.15) is 11.1 Å². The molecule has 3 aromatic rings. The molecule has 0 fully saturated rings. The fraction of sp³-hybridized carbons (Fsp3) is 0.0714. The van der Waals surface area contributed by atoms with Crippen LogP contribution in [0.3, 0.4) is 0 Å². The van der Waals surface area contributed by atoms with E-state index in [0.29, 0.717) is 10.8 Å². The molecule has 20 heavy (non-hydrogen) atoms. The number of hydrogen-bond donors (Lipinski definition) is 1. The predicted octanol–water partition coefficient (Wildman–Crippen LogP) is 4.10. The molecule has 0 atom stereocenters. The summed E-state index contributed by atoms with van der Waals surface area (Å²) in [6.07, 6.45) is 3.25. The van der Waals surface area contributed by atoms with E-state index in [9.17, 15) is 0 Å². The van der Waals surface area contributed by atoms with Crippen LogP contribution >= 0.6 is 22.9 Å². The summed E-state index contributed by atoms with van der Waals surface area (Å²) in [7, 11) is 0. The molecule has 0 saturated heterocycles. The highest BCUT2D eigenvalue weighted by atomic mass is 35.5. The summed E-state index contributed by atoms with van der Waals surface area (Å²) in [5.74, 6) is 0.714. The van der Waals surface area contributed by atoms with Crippen molar-refractivity contribution in [3.05, 3.63) is 52.1 Å². The zero-order valence-electron chi connectivity index (χ0n) is 10.7. The van der Waals surface area contributed by atoms with Crippen molar-refractivity contribution in [2.45, 2.75) is 6.92 Å². The summed E-state index contributed by atoms with van der Waals surface area (Å²) in [6, 6.07) is 7.49. The Morgan fingerprint density at radius 2 is 2.25 bits per heavy atom. The first-order valence-electron chi connectivity index (χ1n) is 5.97. The van der Waals surface area contributed by atoms with Crippen LogP contribution in [0, 0.1) is 6.92 Å². The van der Waals surface area contributed by atoms with Gasteiger partial charge in [-0.3, -0.25) is 5.43 Å². The molecule has 100 valence electrons. The molecule has 0 aliphatic heterocycles. The van der Waals surface area contributed by atoms with Gasteiger partial charge in [0, 0.05) is 5.02 Å². The monoisotopic (exact) mass is 302 g/mol. The quantitative estimate of drug-likeness (QED) is 0.585. The Hall–Kier alpha value is -1.98. The maximum Gasteiger partial charge on any atom is 0.167 e. The van der Waals surface area contributed by atoms with E-state index in [4.69, 9.17) is 11.6 Å². The van der Waals surface area contributed by atoms with Gasteiger partial charge in [0.1, 0.15) is 6.33 Å². The minimum Gasteiger partial charge on any atom is -0.260 e. The van der Waals surface area contributed by atoms with Crippen molar-refractivity contribution in [3.8, 4) is 0 Å². The molecule has 2 aromatic heterocycles. The number of aromatic nitrogens is 2. The van der Waals surface area contributed by atoms with Crippen LogP contribution in [0.5, 0.6) is 0 Å². The molecule has 6 heteroatoms. The lowest BCUT2D eigenvalue weighted by Crippen LogP contribution is -1.94. The number of thiophene rings is 1. The lowest BCUT2D eigenvalue weighted by molar-refractivity contribution is 1.18. The Balaban J connectivity index is 1.83. The highest BCUT2D eigenvalue weighted by molar-refractivity contribution is 7.18. The van der Waals surface area contributed by atoms with E-state index in [-0.39, 0.29) is 0 Å². The van der Waals surface area contributed by atoms with E-state index in [1.165, 1.54) is 0 Å². The molecule has 0 bridgehead atoms. The van der Waals surface area contributed by atoms with Crippen LogP contribution in [0.15, 0.2) is 41.1 Å². The van der Waals surface area contributed by atoms with Crippen molar-refractivity contribution in [2.75, 3.05) is 5.43 Å². The summed E-state index contributed by atoms with van der Waals surface area (Å²) in [5, 5.41) is 6.94. The molecule has 0 spiro atoms. The van der Waals surface area contributed by atoms with Crippen LogP contribution in [0.25, 0.3) is 10.2 Å². The van der Waals surface area contributed by atoms with Gasteiger partial charge in [-0.1, -0.05) is 23.7 Å². The normalized spacial score (nSPS) is 11.3. The molecule has 0 amide bonds. The summed E-state index contributed by atoms with van der Waals surface area (Å²) < 4.78 is 1.01. The van der Waals surface area contributed by atoms with Gasteiger partial charge in [0.25, 0.3) is 0 Å². The van der Waals surface area contributed by atoms with E-state index in [1.54, 1.807) is 23.9 Å². The second-order valence-corrected chi connectivity index (χ2v) is 5.56. The molecular formula is C14H11ClN4S. The van der Waals surface area contributed by atoms with E-state index in [1.807, 2.05) is 31.2 Å². The van der Waals surface area contributed by atoms with Gasteiger partial charge in [0.05, 0.1) is 16.4 Å². The minimum atomic E-state index is 0.687. The van der Waals surface area contributed by atoms with Crippen LogP contribution in [-0.2, 0) is 0 Å². The Labute approximate surface area is 125 Å². The number of rotatable bonds is 3. The van der Waals surface area contributed by atoms with E-state index >= 15 is 0 Å². The van der Waals surface area contributed by atoms with Gasteiger partial charge < -0.3 is 0 Å². The Bertz CT molecular complexity index is 782. The zero-order valence-corrected chi connectivity index (χ0v) is 12.2. The van der Waals surface area contributed by atoms with Crippen LogP contribution in [0.4, 0.5) is 5.82 Å². The van der Waals surface area contributed by atoms with Crippen LogP contribution in [-0.4, -0.2) is 16.2 Å². The summed E-state index contributed by atoms with van der Waals surface area (Å²) in [5.41, 5.74) is 5.99. The van der Waals surface area contributed by atoms with Gasteiger partial charge in [-0.15, -0.1) is 11.3 Å². The number of nitrogens with one attached hydrogen (secondary N) is 1. The number of benzene rings is 1. The number of fused-ring (bicyclic) bond motifs is 1. The second kappa shape index (κ2) is 5.56. The summed E-state index contributed by atoms with van der Waals surface area (Å²) in [4.78, 5) is 8.49. The van der Waals surface area contributed by atoms with Gasteiger partial charge in [0.2, 0.25) is 0 Å². The van der Waals surface area contributed by atoms with E-state index in [2.05, 4.69) is 25.9 Å².